The molecule has 0 saturated carbocycles. The third kappa shape index (κ3) is 3.50. The van der Waals surface area contributed by atoms with E-state index in [0.717, 1.165) is 18.5 Å². The summed E-state index contributed by atoms with van der Waals surface area (Å²) in [7, 11) is 0. The first-order valence-corrected chi connectivity index (χ1v) is 5.99. The Hall–Kier alpha value is -0.320. The van der Waals surface area contributed by atoms with Gasteiger partial charge < -0.3 is 4.57 Å². The van der Waals surface area contributed by atoms with Crippen molar-refractivity contribution in [3.63, 3.8) is 0 Å². The summed E-state index contributed by atoms with van der Waals surface area (Å²) in [6, 6.07) is 3.66. The van der Waals surface area contributed by atoms with Crippen LogP contribution in [-0.2, 0) is 6.54 Å². The Morgan fingerprint density at radius 1 is 1.46 bits per heavy atom. The van der Waals surface area contributed by atoms with E-state index in [0.29, 0.717) is 0 Å². The highest BCUT2D eigenvalue weighted by atomic mass is 127. The molecule has 1 rings (SSSR count). The molecule has 3 heteroatoms. The number of aromatic nitrogens is 1. The predicted octanol–water partition coefficient (Wildman–Crippen LogP) is 2.37. The maximum Gasteiger partial charge on any atom is 0.250 e. The van der Waals surface area contributed by atoms with Gasteiger partial charge in [0.25, 0.3) is 5.56 Å². The van der Waals surface area contributed by atoms with E-state index in [2.05, 4.69) is 22.6 Å². The van der Waals surface area contributed by atoms with Crippen molar-refractivity contribution in [1.82, 2.24) is 4.57 Å². The molecule has 0 spiro atoms. The minimum Gasteiger partial charge on any atom is -0.316 e. The lowest BCUT2D eigenvalue weighted by Crippen LogP contribution is -2.18. The van der Waals surface area contributed by atoms with Crippen LogP contribution in [0.25, 0.3) is 0 Å². The van der Waals surface area contributed by atoms with Gasteiger partial charge in [-0.3, -0.25) is 4.79 Å². The molecule has 0 aliphatic carbocycles. The number of rotatable bonds is 4. The molecule has 0 bridgehead atoms. The van der Waals surface area contributed by atoms with E-state index < -0.39 is 0 Å². The summed E-state index contributed by atoms with van der Waals surface area (Å²) in [6.45, 7) is 2.79. The number of unbranched alkanes of at least 4 members (excludes halogenated alkanes) is 1. The fraction of sp³-hybridized carbons (Fsp3) is 0.500. The van der Waals surface area contributed by atoms with Gasteiger partial charge in [-0.1, -0.05) is 22.6 Å². The number of hydrogen-bond acceptors (Lipinski definition) is 1. The molecule has 13 heavy (non-hydrogen) atoms. The smallest absolute Gasteiger partial charge is 0.250 e. The normalized spacial score (nSPS) is 10.3. The highest BCUT2D eigenvalue weighted by Crippen LogP contribution is 1.97. The molecular formula is C10H14INO. The quantitative estimate of drug-likeness (QED) is 0.474. The minimum atomic E-state index is 0.119. The van der Waals surface area contributed by atoms with Crippen molar-refractivity contribution in [2.24, 2.45) is 0 Å². The van der Waals surface area contributed by atoms with Gasteiger partial charge in [0, 0.05) is 18.8 Å². The highest BCUT2D eigenvalue weighted by molar-refractivity contribution is 14.1. The second-order valence-electron chi connectivity index (χ2n) is 3.13. The minimum absolute atomic E-state index is 0.119. The molecule has 1 aromatic heterocycles. The highest BCUT2D eigenvalue weighted by Gasteiger charge is 1.94. The Bertz CT molecular complexity index is 319. The zero-order valence-corrected chi connectivity index (χ0v) is 9.95. The molecule has 0 aromatic carbocycles. The first kappa shape index (κ1) is 10.8. The molecule has 2 nitrogen and oxygen atoms in total. The zero-order valence-electron chi connectivity index (χ0n) is 7.79. The van der Waals surface area contributed by atoms with Crippen LogP contribution >= 0.6 is 22.6 Å². The van der Waals surface area contributed by atoms with Crippen LogP contribution in [0.2, 0.25) is 0 Å². The molecule has 0 amide bonds. The zero-order chi connectivity index (χ0) is 9.68. The Kier molecular flexibility index (Phi) is 4.48. The number of pyridine rings is 1. The second-order valence-corrected chi connectivity index (χ2v) is 4.21. The van der Waals surface area contributed by atoms with E-state index in [9.17, 15) is 4.79 Å². The van der Waals surface area contributed by atoms with E-state index in [1.807, 2.05) is 19.2 Å². The molecule has 1 heterocycles. The van der Waals surface area contributed by atoms with Gasteiger partial charge >= 0.3 is 0 Å². The van der Waals surface area contributed by atoms with Crippen LogP contribution in [0.4, 0.5) is 0 Å². The first-order valence-electron chi connectivity index (χ1n) is 4.47. The first-order chi connectivity index (χ1) is 6.24. The molecular weight excluding hydrogens is 277 g/mol. The van der Waals surface area contributed by atoms with Crippen LogP contribution < -0.4 is 5.56 Å². The fourth-order valence-electron chi connectivity index (χ4n) is 1.17. The summed E-state index contributed by atoms with van der Waals surface area (Å²) in [5.74, 6) is 0. The van der Waals surface area contributed by atoms with E-state index in [-0.39, 0.29) is 5.56 Å². The number of halogens is 1. The molecule has 72 valence electrons. The van der Waals surface area contributed by atoms with Crippen LogP contribution in [0.1, 0.15) is 18.4 Å². The van der Waals surface area contributed by atoms with Crippen molar-refractivity contribution >= 4 is 22.6 Å². The van der Waals surface area contributed by atoms with Crippen molar-refractivity contribution in [3.05, 3.63) is 34.2 Å². The van der Waals surface area contributed by atoms with Crippen molar-refractivity contribution in [2.45, 2.75) is 26.3 Å². The predicted molar refractivity (Wildman–Crippen MR) is 63.6 cm³/mol. The monoisotopic (exact) mass is 291 g/mol. The van der Waals surface area contributed by atoms with Crippen molar-refractivity contribution in [3.8, 4) is 0 Å². The number of alkyl halides is 1. The third-order valence-corrected chi connectivity index (χ3v) is 2.70. The van der Waals surface area contributed by atoms with Crippen LogP contribution in [0.5, 0.6) is 0 Å². The van der Waals surface area contributed by atoms with E-state index in [4.69, 9.17) is 0 Å². The standard InChI is InChI=1S/C10H14INO/c1-9-4-7-12(10(13)8-9)6-3-2-5-11/h4,7-8H,2-3,5-6H2,1H3. The number of hydrogen-bond donors (Lipinski definition) is 0. The van der Waals surface area contributed by atoms with E-state index >= 15 is 0 Å². The van der Waals surface area contributed by atoms with Gasteiger partial charge in [0.15, 0.2) is 0 Å². The van der Waals surface area contributed by atoms with E-state index in [1.54, 1.807) is 10.6 Å². The lowest BCUT2D eigenvalue weighted by Gasteiger charge is -2.04. The summed E-state index contributed by atoms with van der Waals surface area (Å²) in [5, 5.41) is 0. The molecule has 0 fully saturated rings. The second kappa shape index (κ2) is 5.42. The molecule has 0 atom stereocenters. The summed E-state index contributed by atoms with van der Waals surface area (Å²) in [4.78, 5) is 11.4. The number of aryl methyl sites for hydroxylation is 2. The lowest BCUT2D eigenvalue weighted by molar-refractivity contribution is 0.617. The molecule has 0 aliphatic heterocycles. The van der Waals surface area contributed by atoms with Crippen LogP contribution in [0.15, 0.2) is 23.1 Å². The SMILES string of the molecule is Cc1ccn(CCCCI)c(=O)c1. The van der Waals surface area contributed by atoms with Crippen LogP contribution in [-0.4, -0.2) is 8.99 Å². The molecule has 0 saturated heterocycles. The summed E-state index contributed by atoms with van der Waals surface area (Å²) in [5.41, 5.74) is 1.16. The van der Waals surface area contributed by atoms with Gasteiger partial charge in [0.1, 0.15) is 0 Å². The van der Waals surface area contributed by atoms with Gasteiger partial charge in [-0.25, -0.2) is 0 Å². The van der Waals surface area contributed by atoms with Gasteiger partial charge in [0.2, 0.25) is 0 Å². The largest absolute Gasteiger partial charge is 0.316 e. The van der Waals surface area contributed by atoms with Crippen LogP contribution in [0, 0.1) is 6.92 Å². The van der Waals surface area contributed by atoms with Gasteiger partial charge in [-0.2, -0.15) is 0 Å². The average Bonchev–Trinajstić information content (AvgIpc) is 2.09. The van der Waals surface area contributed by atoms with Gasteiger partial charge in [-0.15, -0.1) is 0 Å². The lowest BCUT2D eigenvalue weighted by atomic mass is 10.3. The third-order valence-electron chi connectivity index (χ3n) is 1.93. The van der Waals surface area contributed by atoms with Crippen molar-refractivity contribution in [2.75, 3.05) is 4.43 Å². The Morgan fingerprint density at radius 2 is 2.23 bits per heavy atom. The molecule has 0 N–H and O–H groups in total. The molecule has 1 aromatic rings. The molecule has 0 radical (unpaired) electrons. The van der Waals surface area contributed by atoms with Gasteiger partial charge in [0.05, 0.1) is 0 Å². The Balaban J connectivity index is 2.62. The Morgan fingerprint density at radius 3 is 2.85 bits per heavy atom. The average molecular weight is 291 g/mol. The maximum atomic E-state index is 11.4. The number of nitrogens with zero attached hydrogens (tertiary/aromatic N) is 1. The summed E-state index contributed by atoms with van der Waals surface area (Å²) < 4.78 is 2.94. The van der Waals surface area contributed by atoms with E-state index in [1.165, 1.54) is 10.8 Å². The Labute approximate surface area is 92.1 Å². The van der Waals surface area contributed by atoms with Crippen molar-refractivity contribution in [1.29, 1.82) is 0 Å². The van der Waals surface area contributed by atoms with Crippen molar-refractivity contribution < 1.29 is 0 Å². The summed E-state index contributed by atoms with van der Waals surface area (Å²) >= 11 is 2.36. The molecule has 0 aliphatic rings. The summed E-state index contributed by atoms with van der Waals surface area (Å²) in [6.07, 6.45) is 4.15. The van der Waals surface area contributed by atoms with Gasteiger partial charge in [-0.05, 0) is 35.8 Å². The fourth-order valence-corrected chi connectivity index (χ4v) is 1.71. The topological polar surface area (TPSA) is 22.0 Å². The molecule has 0 unspecified atom stereocenters. The maximum absolute atomic E-state index is 11.4. The van der Waals surface area contributed by atoms with Crippen LogP contribution in [0.3, 0.4) is 0 Å².